The van der Waals surface area contributed by atoms with Gasteiger partial charge in [0.1, 0.15) is 0 Å². The van der Waals surface area contributed by atoms with Crippen molar-refractivity contribution in [2.24, 2.45) is 0 Å². The van der Waals surface area contributed by atoms with Gasteiger partial charge in [0.05, 0.1) is 6.04 Å². The van der Waals surface area contributed by atoms with Crippen LogP contribution in [0.4, 0.5) is 0 Å². The van der Waals surface area contributed by atoms with Crippen LogP contribution in [0.2, 0.25) is 0 Å². The highest BCUT2D eigenvalue weighted by Crippen LogP contribution is 2.25. The van der Waals surface area contributed by atoms with Crippen molar-refractivity contribution in [3.8, 4) is 0 Å². The molecule has 1 aromatic heterocycles. The monoisotopic (exact) mass is 324 g/mol. The van der Waals surface area contributed by atoms with Crippen LogP contribution in [0.1, 0.15) is 64.2 Å². The molecule has 0 saturated heterocycles. The van der Waals surface area contributed by atoms with E-state index in [9.17, 15) is 4.79 Å². The third kappa shape index (κ3) is 2.84. The van der Waals surface area contributed by atoms with Crippen molar-refractivity contribution in [1.82, 2.24) is 20.8 Å². The van der Waals surface area contributed by atoms with Crippen LogP contribution in [-0.2, 0) is 25.8 Å². The van der Waals surface area contributed by atoms with Gasteiger partial charge in [-0.3, -0.25) is 9.89 Å². The van der Waals surface area contributed by atoms with Crippen molar-refractivity contribution >= 4 is 5.91 Å². The first kappa shape index (κ1) is 15.4. The summed E-state index contributed by atoms with van der Waals surface area (Å²) in [6.07, 6.45) is 5.79. The van der Waals surface area contributed by atoms with Gasteiger partial charge in [0.15, 0.2) is 5.69 Å². The van der Waals surface area contributed by atoms with Gasteiger partial charge in [-0.1, -0.05) is 18.2 Å². The Kier molecular flexibility index (Phi) is 4.10. The number of hydrogen-bond donors (Lipinski definition) is 3. The van der Waals surface area contributed by atoms with Gasteiger partial charge in [0, 0.05) is 30.8 Å². The van der Waals surface area contributed by atoms with Gasteiger partial charge in [-0.05, 0) is 49.3 Å². The van der Waals surface area contributed by atoms with E-state index in [1.165, 1.54) is 36.0 Å². The molecule has 5 nitrogen and oxygen atoms in total. The smallest absolute Gasteiger partial charge is 0.272 e. The first-order valence-electron chi connectivity index (χ1n) is 8.92. The molecule has 5 heteroatoms. The molecule has 0 spiro atoms. The van der Waals surface area contributed by atoms with Gasteiger partial charge in [-0.2, -0.15) is 5.10 Å². The van der Waals surface area contributed by atoms with Gasteiger partial charge in [0.25, 0.3) is 5.91 Å². The van der Waals surface area contributed by atoms with E-state index >= 15 is 0 Å². The number of aryl methyl sites for hydroxylation is 2. The summed E-state index contributed by atoms with van der Waals surface area (Å²) in [5.41, 5.74) is 6.71. The van der Waals surface area contributed by atoms with Gasteiger partial charge >= 0.3 is 0 Å². The summed E-state index contributed by atoms with van der Waals surface area (Å²) < 4.78 is 0. The molecule has 4 rings (SSSR count). The lowest BCUT2D eigenvalue weighted by Gasteiger charge is -2.20. The zero-order chi connectivity index (χ0) is 16.5. The van der Waals surface area contributed by atoms with E-state index in [4.69, 9.17) is 0 Å². The van der Waals surface area contributed by atoms with E-state index in [1.54, 1.807) is 0 Å². The van der Waals surface area contributed by atoms with E-state index in [-0.39, 0.29) is 11.9 Å². The Morgan fingerprint density at radius 3 is 2.92 bits per heavy atom. The van der Waals surface area contributed by atoms with Crippen LogP contribution >= 0.6 is 0 Å². The van der Waals surface area contributed by atoms with Crippen molar-refractivity contribution in [1.29, 1.82) is 0 Å². The molecule has 2 aliphatic rings. The normalized spacial score (nSPS) is 17.7. The first-order valence-corrected chi connectivity index (χ1v) is 8.92. The summed E-state index contributed by atoms with van der Waals surface area (Å²) in [4.78, 5) is 12.6. The molecule has 1 aromatic carbocycles. The molecule has 0 saturated carbocycles. The maximum Gasteiger partial charge on any atom is 0.272 e. The predicted octanol–water partition coefficient (Wildman–Crippen LogP) is 2.43. The average Bonchev–Trinajstić information content (AvgIpc) is 3.05. The summed E-state index contributed by atoms with van der Waals surface area (Å²) in [6, 6.07) is 6.62. The molecular weight excluding hydrogens is 300 g/mol. The fourth-order valence-corrected chi connectivity index (χ4v) is 3.78. The highest BCUT2D eigenvalue weighted by Gasteiger charge is 2.23. The lowest BCUT2D eigenvalue weighted by Crippen LogP contribution is -2.30. The number of nitrogens with zero attached hydrogens (tertiary/aromatic N) is 1. The van der Waals surface area contributed by atoms with E-state index in [2.05, 4.69) is 39.0 Å². The molecule has 1 atom stereocenters. The molecule has 0 fully saturated rings. The number of H-pyrrole nitrogens is 1. The maximum atomic E-state index is 12.6. The van der Waals surface area contributed by atoms with Crippen LogP contribution in [0, 0.1) is 0 Å². The molecule has 1 unspecified atom stereocenters. The Balaban J connectivity index is 1.50. The Morgan fingerprint density at radius 2 is 2.04 bits per heavy atom. The standard InChI is InChI=1S/C19H24N4O/c1-12(14-7-6-13-4-2-3-5-15(13)10-14)21-19(24)18-16-11-20-9-8-17(16)22-23-18/h6-7,10,12,20H,2-5,8-9,11H2,1H3,(H,21,24)(H,22,23). The van der Waals surface area contributed by atoms with Crippen LogP contribution in [0.5, 0.6) is 0 Å². The van der Waals surface area contributed by atoms with Crippen molar-refractivity contribution < 1.29 is 4.79 Å². The highest BCUT2D eigenvalue weighted by atomic mass is 16.2. The van der Waals surface area contributed by atoms with Crippen molar-refractivity contribution in [2.75, 3.05) is 6.54 Å². The number of rotatable bonds is 3. The number of aromatic nitrogens is 2. The minimum Gasteiger partial charge on any atom is -0.344 e. The second kappa shape index (κ2) is 6.40. The van der Waals surface area contributed by atoms with Gasteiger partial charge < -0.3 is 10.6 Å². The Morgan fingerprint density at radius 1 is 1.21 bits per heavy atom. The zero-order valence-corrected chi connectivity index (χ0v) is 14.1. The number of carbonyl (C=O) groups is 1. The maximum absolute atomic E-state index is 12.6. The summed E-state index contributed by atoms with van der Waals surface area (Å²) >= 11 is 0. The topological polar surface area (TPSA) is 69.8 Å². The first-order chi connectivity index (χ1) is 11.7. The molecule has 3 N–H and O–H groups in total. The van der Waals surface area contributed by atoms with E-state index in [0.29, 0.717) is 12.2 Å². The molecule has 1 amide bonds. The molecule has 1 aliphatic carbocycles. The van der Waals surface area contributed by atoms with Crippen LogP contribution < -0.4 is 10.6 Å². The molecule has 2 aromatic rings. The Hall–Kier alpha value is -2.14. The number of carbonyl (C=O) groups excluding carboxylic acids is 1. The van der Waals surface area contributed by atoms with Crippen LogP contribution in [-0.4, -0.2) is 22.6 Å². The third-order valence-corrected chi connectivity index (χ3v) is 5.24. The largest absolute Gasteiger partial charge is 0.344 e. The van der Waals surface area contributed by atoms with Gasteiger partial charge in [-0.15, -0.1) is 0 Å². The third-order valence-electron chi connectivity index (χ3n) is 5.24. The lowest BCUT2D eigenvalue weighted by molar-refractivity contribution is 0.0933. The van der Waals surface area contributed by atoms with Crippen LogP contribution in [0.3, 0.4) is 0 Å². The van der Waals surface area contributed by atoms with Crippen molar-refractivity contribution in [3.63, 3.8) is 0 Å². The predicted molar refractivity (Wildman–Crippen MR) is 93.0 cm³/mol. The minimum atomic E-state index is -0.0959. The molecule has 0 radical (unpaired) electrons. The number of benzene rings is 1. The number of amides is 1. The molecule has 1 aliphatic heterocycles. The molecular formula is C19H24N4O. The summed E-state index contributed by atoms with van der Waals surface area (Å²) in [7, 11) is 0. The number of nitrogens with one attached hydrogen (secondary N) is 3. The minimum absolute atomic E-state index is 0.0198. The van der Waals surface area contributed by atoms with Crippen molar-refractivity contribution in [3.05, 3.63) is 51.8 Å². The Bertz CT molecular complexity index is 765. The summed E-state index contributed by atoms with van der Waals surface area (Å²) in [5, 5.41) is 13.7. The quantitative estimate of drug-likeness (QED) is 0.812. The SMILES string of the molecule is CC(NC(=O)c1n[nH]c2c1CNCC2)c1ccc2c(c1)CCCC2. The molecule has 126 valence electrons. The second-order valence-corrected chi connectivity index (χ2v) is 6.89. The van der Waals surface area contributed by atoms with E-state index in [1.807, 2.05) is 6.92 Å². The fraction of sp³-hybridized carbons (Fsp3) is 0.474. The summed E-state index contributed by atoms with van der Waals surface area (Å²) in [5.74, 6) is -0.0959. The van der Waals surface area contributed by atoms with Crippen molar-refractivity contribution in [2.45, 2.75) is 51.6 Å². The van der Waals surface area contributed by atoms with E-state index < -0.39 is 0 Å². The van der Waals surface area contributed by atoms with E-state index in [0.717, 1.165) is 30.6 Å². The van der Waals surface area contributed by atoms with Crippen LogP contribution in [0.25, 0.3) is 0 Å². The fourth-order valence-electron chi connectivity index (χ4n) is 3.78. The van der Waals surface area contributed by atoms with Gasteiger partial charge in [-0.25, -0.2) is 0 Å². The molecule has 0 bridgehead atoms. The number of fused-ring (bicyclic) bond motifs is 2. The highest BCUT2D eigenvalue weighted by molar-refractivity contribution is 5.94. The average molecular weight is 324 g/mol. The Labute approximate surface area is 142 Å². The molecule has 2 heterocycles. The number of aromatic amines is 1. The molecule has 24 heavy (non-hydrogen) atoms. The summed E-state index contributed by atoms with van der Waals surface area (Å²) in [6.45, 7) is 3.68. The van der Waals surface area contributed by atoms with Gasteiger partial charge in [0.2, 0.25) is 0 Å². The lowest BCUT2D eigenvalue weighted by atomic mass is 9.89. The second-order valence-electron chi connectivity index (χ2n) is 6.89. The van der Waals surface area contributed by atoms with Crippen LogP contribution in [0.15, 0.2) is 18.2 Å². The zero-order valence-electron chi connectivity index (χ0n) is 14.1. The number of hydrogen-bond acceptors (Lipinski definition) is 3.